The Morgan fingerprint density at radius 3 is 2.59 bits per heavy atom. The molecule has 4 rings (SSSR count). The van der Waals surface area contributed by atoms with E-state index < -0.39 is 10.0 Å². The molecule has 138 valence electrons. The highest BCUT2D eigenvalue weighted by Crippen LogP contribution is 2.28. The Kier molecular flexibility index (Phi) is 3.88. The van der Waals surface area contributed by atoms with Crippen LogP contribution in [0.5, 0.6) is 0 Å². The highest BCUT2D eigenvalue weighted by atomic mass is 32.2. The summed E-state index contributed by atoms with van der Waals surface area (Å²) in [4.78, 5) is 12.5. The van der Waals surface area contributed by atoms with Crippen molar-refractivity contribution in [1.29, 1.82) is 0 Å². The van der Waals surface area contributed by atoms with E-state index in [1.165, 1.54) is 23.3 Å². The molecule has 11 heteroatoms. The molecule has 4 aromatic heterocycles. The minimum absolute atomic E-state index is 0.0417. The minimum Gasteiger partial charge on any atom is -0.276 e. The van der Waals surface area contributed by atoms with Crippen molar-refractivity contribution in [2.45, 2.75) is 11.8 Å². The van der Waals surface area contributed by atoms with E-state index in [-0.39, 0.29) is 4.90 Å². The molecule has 4 aromatic rings. The first-order chi connectivity index (χ1) is 12.9. The maximum atomic E-state index is 12.9. The highest BCUT2D eigenvalue weighted by molar-refractivity contribution is 7.92. The van der Waals surface area contributed by atoms with Gasteiger partial charge < -0.3 is 0 Å². The Morgan fingerprint density at radius 2 is 1.85 bits per heavy atom. The van der Waals surface area contributed by atoms with Crippen molar-refractivity contribution in [1.82, 2.24) is 34.5 Å². The zero-order chi connectivity index (χ0) is 19.2. The normalized spacial score (nSPS) is 11.8. The maximum absolute atomic E-state index is 12.9. The Bertz CT molecular complexity index is 1240. The standard InChI is InChI=1S/C16H16N8O2S/c1-10-12-6-11(7-19-16(12)24(3)21-10)27(25,26)22-14-9-20-23(2)15(14)13-8-17-4-5-18-13/h4-9,22H,1-3H3. The van der Waals surface area contributed by atoms with E-state index in [0.29, 0.717) is 33.8 Å². The molecule has 0 saturated heterocycles. The number of aryl methyl sites for hydroxylation is 3. The summed E-state index contributed by atoms with van der Waals surface area (Å²) in [6, 6.07) is 1.56. The summed E-state index contributed by atoms with van der Waals surface area (Å²) in [5.41, 5.74) is 2.65. The molecule has 1 N–H and O–H groups in total. The third-order valence-electron chi connectivity index (χ3n) is 4.14. The minimum atomic E-state index is -3.88. The van der Waals surface area contributed by atoms with Crippen LogP contribution < -0.4 is 4.72 Å². The van der Waals surface area contributed by atoms with Crippen molar-refractivity contribution in [3.05, 3.63) is 42.7 Å². The quantitative estimate of drug-likeness (QED) is 0.562. The summed E-state index contributed by atoms with van der Waals surface area (Å²) in [6.45, 7) is 1.81. The average molecular weight is 384 g/mol. The third kappa shape index (κ3) is 2.91. The van der Waals surface area contributed by atoms with Gasteiger partial charge in [-0.2, -0.15) is 10.2 Å². The molecule has 0 aromatic carbocycles. The number of pyridine rings is 1. The van der Waals surface area contributed by atoms with Crippen LogP contribution in [0.4, 0.5) is 5.69 Å². The molecule has 0 unspecified atom stereocenters. The Morgan fingerprint density at radius 1 is 1.04 bits per heavy atom. The highest BCUT2D eigenvalue weighted by Gasteiger charge is 2.21. The predicted molar refractivity (Wildman–Crippen MR) is 98.3 cm³/mol. The number of aromatic nitrogens is 7. The first-order valence-electron chi connectivity index (χ1n) is 7.97. The van der Waals surface area contributed by atoms with Crippen molar-refractivity contribution in [3.63, 3.8) is 0 Å². The summed E-state index contributed by atoms with van der Waals surface area (Å²) in [5, 5.41) is 9.08. The lowest BCUT2D eigenvalue weighted by molar-refractivity contribution is 0.601. The van der Waals surface area contributed by atoms with Gasteiger partial charge in [0, 0.05) is 38.1 Å². The van der Waals surface area contributed by atoms with Gasteiger partial charge in [-0.1, -0.05) is 0 Å². The van der Waals surface area contributed by atoms with Gasteiger partial charge in [0.05, 0.1) is 23.8 Å². The molecule has 0 amide bonds. The van der Waals surface area contributed by atoms with E-state index in [2.05, 4.69) is 29.9 Å². The van der Waals surface area contributed by atoms with E-state index in [1.54, 1.807) is 44.2 Å². The lowest BCUT2D eigenvalue weighted by atomic mass is 10.3. The molecule has 27 heavy (non-hydrogen) atoms. The second kappa shape index (κ2) is 6.13. The van der Waals surface area contributed by atoms with Gasteiger partial charge in [0.15, 0.2) is 5.65 Å². The van der Waals surface area contributed by atoms with Crippen LogP contribution in [0.15, 0.2) is 41.9 Å². The van der Waals surface area contributed by atoms with Gasteiger partial charge in [0.2, 0.25) is 0 Å². The molecular weight excluding hydrogens is 368 g/mol. The number of anilines is 1. The molecule has 0 aliphatic carbocycles. The monoisotopic (exact) mass is 384 g/mol. The topological polar surface area (TPSA) is 120 Å². The molecule has 0 bridgehead atoms. The third-order valence-corrected chi connectivity index (χ3v) is 5.47. The smallest absolute Gasteiger partial charge is 0.263 e. The van der Waals surface area contributed by atoms with Gasteiger partial charge in [0.1, 0.15) is 16.3 Å². The van der Waals surface area contributed by atoms with E-state index in [1.807, 2.05) is 0 Å². The number of rotatable bonds is 4. The van der Waals surface area contributed by atoms with E-state index >= 15 is 0 Å². The largest absolute Gasteiger partial charge is 0.276 e. The average Bonchev–Trinajstić information content (AvgIpc) is 3.14. The Hall–Kier alpha value is -3.34. The molecule has 0 radical (unpaired) electrons. The van der Waals surface area contributed by atoms with Gasteiger partial charge in [-0.15, -0.1) is 0 Å². The molecule has 0 aliphatic rings. The zero-order valence-electron chi connectivity index (χ0n) is 14.8. The number of hydrogen-bond donors (Lipinski definition) is 1. The van der Waals surface area contributed by atoms with Crippen molar-refractivity contribution >= 4 is 26.7 Å². The lowest BCUT2D eigenvalue weighted by Crippen LogP contribution is -2.14. The van der Waals surface area contributed by atoms with Crippen molar-refractivity contribution < 1.29 is 8.42 Å². The molecule has 0 atom stereocenters. The molecule has 4 heterocycles. The van der Waals surface area contributed by atoms with Crippen LogP contribution in [-0.4, -0.2) is 42.9 Å². The summed E-state index contributed by atoms with van der Waals surface area (Å²) in [5.74, 6) is 0. The molecular formula is C16H16N8O2S. The number of nitrogens with one attached hydrogen (secondary N) is 1. The lowest BCUT2D eigenvalue weighted by Gasteiger charge is -2.09. The van der Waals surface area contributed by atoms with Crippen molar-refractivity contribution in [2.75, 3.05) is 4.72 Å². The van der Waals surface area contributed by atoms with Gasteiger partial charge in [-0.05, 0) is 13.0 Å². The van der Waals surface area contributed by atoms with Gasteiger partial charge in [-0.25, -0.2) is 13.4 Å². The Labute approximate surface area is 155 Å². The van der Waals surface area contributed by atoms with Crippen molar-refractivity contribution in [3.8, 4) is 11.4 Å². The van der Waals surface area contributed by atoms with E-state index in [0.717, 1.165) is 0 Å². The molecule has 10 nitrogen and oxygen atoms in total. The number of hydrogen-bond acceptors (Lipinski definition) is 7. The van der Waals surface area contributed by atoms with Crippen LogP contribution in [0.3, 0.4) is 0 Å². The van der Waals surface area contributed by atoms with Crippen LogP contribution >= 0.6 is 0 Å². The van der Waals surface area contributed by atoms with Crippen LogP contribution in [-0.2, 0) is 24.1 Å². The maximum Gasteiger partial charge on any atom is 0.263 e. The van der Waals surface area contributed by atoms with E-state index in [9.17, 15) is 8.42 Å². The summed E-state index contributed by atoms with van der Waals surface area (Å²) in [6.07, 6.45) is 7.36. The fraction of sp³-hybridized carbons (Fsp3) is 0.188. The number of fused-ring (bicyclic) bond motifs is 1. The number of nitrogens with zero attached hydrogens (tertiary/aromatic N) is 7. The predicted octanol–water partition coefficient (Wildman–Crippen LogP) is 1.27. The fourth-order valence-electron chi connectivity index (χ4n) is 2.88. The Balaban J connectivity index is 1.76. The molecule has 0 aliphatic heterocycles. The van der Waals surface area contributed by atoms with Gasteiger partial charge in [-0.3, -0.25) is 24.1 Å². The van der Waals surface area contributed by atoms with Crippen LogP contribution in [0.1, 0.15) is 5.69 Å². The zero-order valence-corrected chi connectivity index (χ0v) is 15.6. The molecule has 0 spiro atoms. The summed E-state index contributed by atoms with van der Waals surface area (Å²) < 4.78 is 31.5. The van der Waals surface area contributed by atoms with Gasteiger partial charge >= 0.3 is 0 Å². The SMILES string of the molecule is Cc1nn(C)c2ncc(S(=O)(=O)Nc3cnn(C)c3-c3cnccn3)cc12. The van der Waals surface area contributed by atoms with Gasteiger partial charge in [0.25, 0.3) is 10.0 Å². The molecule has 0 saturated carbocycles. The fourth-order valence-corrected chi connectivity index (χ4v) is 3.90. The molecule has 0 fully saturated rings. The van der Waals surface area contributed by atoms with E-state index in [4.69, 9.17) is 0 Å². The first-order valence-corrected chi connectivity index (χ1v) is 9.45. The second-order valence-electron chi connectivity index (χ2n) is 5.98. The second-order valence-corrected chi connectivity index (χ2v) is 7.66. The van der Waals surface area contributed by atoms with Crippen LogP contribution in [0, 0.1) is 6.92 Å². The first kappa shape index (κ1) is 17.1. The van der Waals surface area contributed by atoms with Crippen LogP contribution in [0.25, 0.3) is 22.4 Å². The summed E-state index contributed by atoms with van der Waals surface area (Å²) >= 11 is 0. The van der Waals surface area contributed by atoms with Crippen LogP contribution in [0.2, 0.25) is 0 Å². The summed E-state index contributed by atoms with van der Waals surface area (Å²) in [7, 11) is -0.416. The number of sulfonamides is 1. The van der Waals surface area contributed by atoms with Crippen molar-refractivity contribution in [2.24, 2.45) is 14.1 Å².